The van der Waals surface area contributed by atoms with Crippen molar-refractivity contribution in [2.75, 3.05) is 18.4 Å². The highest BCUT2D eigenvalue weighted by atomic mass is 35.5. The summed E-state index contributed by atoms with van der Waals surface area (Å²) in [5.41, 5.74) is 5.99. The van der Waals surface area contributed by atoms with Crippen LogP contribution in [0.25, 0.3) is 11.3 Å². The van der Waals surface area contributed by atoms with Gasteiger partial charge in [0, 0.05) is 60.8 Å². The first kappa shape index (κ1) is 31.3. The molecule has 0 atom stereocenters. The van der Waals surface area contributed by atoms with E-state index >= 15 is 0 Å². The fourth-order valence-corrected chi connectivity index (χ4v) is 5.06. The predicted octanol–water partition coefficient (Wildman–Crippen LogP) is 4.69. The molecule has 0 radical (unpaired) electrons. The highest BCUT2D eigenvalue weighted by Crippen LogP contribution is 2.37. The van der Waals surface area contributed by atoms with E-state index in [0.717, 1.165) is 5.75 Å². The first-order valence-electron chi connectivity index (χ1n) is 14.0. The number of hydrogen-bond donors (Lipinski definition) is 3. The number of aliphatic imine (C=N–C) groups is 1. The molecule has 3 aromatic rings. The molecule has 0 unspecified atom stereocenters. The monoisotopic (exact) mass is 637 g/mol. The number of para-hydroxylation sites is 1. The van der Waals surface area contributed by atoms with Crippen LogP contribution in [0.2, 0.25) is 5.02 Å². The lowest BCUT2D eigenvalue weighted by atomic mass is 10.1. The molecule has 0 spiro atoms. The maximum Gasteiger partial charge on any atom is 0.387 e. The molecule has 2 amide bonds. The van der Waals surface area contributed by atoms with Gasteiger partial charge in [0.05, 0.1) is 5.69 Å². The highest BCUT2D eigenvalue weighted by Gasteiger charge is 2.27. The van der Waals surface area contributed by atoms with Gasteiger partial charge in [0.2, 0.25) is 5.91 Å². The molecule has 234 valence electrons. The van der Waals surface area contributed by atoms with Crippen LogP contribution in [-0.2, 0) is 16.1 Å². The molecule has 5 rings (SSSR count). The van der Waals surface area contributed by atoms with E-state index in [4.69, 9.17) is 26.8 Å². The molecule has 45 heavy (non-hydrogen) atoms. The molecule has 2 aliphatic rings. The van der Waals surface area contributed by atoms with Gasteiger partial charge in [-0.05, 0) is 36.4 Å². The Kier molecular flexibility index (Phi) is 9.78. The van der Waals surface area contributed by atoms with Crippen molar-refractivity contribution >= 4 is 35.3 Å². The van der Waals surface area contributed by atoms with Gasteiger partial charge in [-0.3, -0.25) is 14.3 Å². The van der Waals surface area contributed by atoms with Crippen LogP contribution in [0.3, 0.4) is 0 Å². The number of allylic oxidation sites excluding steroid dienone is 1. The third kappa shape index (κ3) is 7.87. The van der Waals surface area contributed by atoms with Crippen molar-refractivity contribution in [1.29, 1.82) is 0 Å². The molecule has 1 aromatic heterocycles. The number of carbonyl (C=O) groups is 2. The smallest absolute Gasteiger partial charge is 0.387 e. The number of piperidine rings is 1. The summed E-state index contributed by atoms with van der Waals surface area (Å²) in [6.45, 7) is 1.31. The van der Waals surface area contributed by atoms with E-state index in [1.807, 2.05) is 30.3 Å². The quantitative estimate of drug-likeness (QED) is 0.275. The van der Waals surface area contributed by atoms with Crippen molar-refractivity contribution in [3.8, 4) is 22.8 Å². The molecule has 0 bridgehead atoms. The van der Waals surface area contributed by atoms with E-state index < -0.39 is 12.5 Å². The fourth-order valence-electron chi connectivity index (χ4n) is 4.88. The van der Waals surface area contributed by atoms with Gasteiger partial charge in [-0.1, -0.05) is 36.4 Å². The van der Waals surface area contributed by atoms with Crippen LogP contribution >= 0.6 is 11.6 Å². The number of nitrogens with one attached hydrogen (secondary N) is 2. The SMILES string of the molecule is C=C(N)/C(C(=O)Nc1cn(CC(=O)N2CCC(Oc3ccccc3)CC2)nc1-c1cc(Cl)ccc1OC(F)F)=C1/N=CC=CN1. The Bertz CT molecular complexity index is 1670. The number of nitrogens with zero attached hydrogens (tertiary/aromatic N) is 4. The van der Waals surface area contributed by atoms with Gasteiger partial charge < -0.3 is 30.7 Å². The van der Waals surface area contributed by atoms with E-state index in [1.165, 1.54) is 35.3 Å². The lowest BCUT2D eigenvalue weighted by molar-refractivity contribution is -0.133. The molecule has 1 fully saturated rings. The van der Waals surface area contributed by atoms with E-state index in [1.54, 1.807) is 17.2 Å². The second-order valence-electron chi connectivity index (χ2n) is 10.1. The zero-order chi connectivity index (χ0) is 31.9. The Balaban J connectivity index is 1.39. The lowest BCUT2D eigenvalue weighted by Crippen LogP contribution is -2.43. The topological polar surface area (TPSA) is 136 Å². The first-order valence-corrected chi connectivity index (χ1v) is 14.3. The molecule has 0 saturated carbocycles. The Labute approximate surface area is 262 Å². The Morgan fingerprint density at radius 3 is 2.60 bits per heavy atom. The second-order valence-corrected chi connectivity index (χ2v) is 10.5. The Morgan fingerprint density at radius 1 is 1.18 bits per heavy atom. The van der Waals surface area contributed by atoms with Crippen molar-refractivity contribution in [3.63, 3.8) is 0 Å². The number of alkyl halides is 2. The zero-order valence-electron chi connectivity index (χ0n) is 24.0. The third-order valence-corrected chi connectivity index (χ3v) is 7.19. The normalized spacial score (nSPS) is 15.9. The predicted molar refractivity (Wildman–Crippen MR) is 166 cm³/mol. The van der Waals surface area contributed by atoms with Gasteiger partial charge in [0.25, 0.3) is 5.91 Å². The molecular weight excluding hydrogens is 608 g/mol. The fraction of sp³-hybridized carbons (Fsp3) is 0.226. The Morgan fingerprint density at radius 2 is 1.93 bits per heavy atom. The summed E-state index contributed by atoms with van der Waals surface area (Å²) >= 11 is 6.21. The number of anilines is 1. The van der Waals surface area contributed by atoms with Crippen molar-refractivity contribution in [2.24, 2.45) is 10.7 Å². The van der Waals surface area contributed by atoms with Crippen molar-refractivity contribution in [2.45, 2.75) is 32.1 Å². The standard InChI is InChI=1S/C31H30ClF2N7O4/c1-19(35)27(29-36-12-5-13-37-29)30(43)38-24-17-41(39-28(24)23-16-20(32)8-9-25(23)45-31(33)34)18-26(42)40-14-10-22(11-15-40)44-21-6-3-2-4-7-21/h2-9,12-13,16-17,22,31,36H,1,10-11,14-15,18,35H2,(H,38,43)/b29-27-. The minimum absolute atomic E-state index is 0.0234. The summed E-state index contributed by atoms with van der Waals surface area (Å²) in [5.74, 6) is -0.232. The first-order chi connectivity index (χ1) is 21.7. The summed E-state index contributed by atoms with van der Waals surface area (Å²) in [4.78, 5) is 32.6. The number of amides is 2. The number of halogens is 3. The largest absolute Gasteiger partial charge is 0.490 e. The number of likely N-dealkylation sites (tertiary alicyclic amines) is 1. The van der Waals surface area contributed by atoms with Crippen LogP contribution in [0, 0.1) is 0 Å². The van der Waals surface area contributed by atoms with Gasteiger partial charge in [0.15, 0.2) is 0 Å². The highest BCUT2D eigenvalue weighted by molar-refractivity contribution is 6.31. The zero-order valence-corrected chi connectivity index (χ0v) is 24.7. The van der Waals surface area contributed by atoms with Crippen molar-refractivity contribution in [3.05, 3.63) is 95.7 Å². The van der Waals surface area contributed by atoms with Crippen molar-refractivity contribution < 1.29 is 27.8 Å². The molecule has 1 saturated heterocycles. The van der Waals surface area contributed by atoms with Crippen molar-refractivity contribution in [1.82, 2.24) is 20.0 Å². The number of ether oxygens (including phenoxy) is 2. The molecular formula is C31H30ClF2N7O4. The van der Waals surface area contributed by atoms with Crippen LogP contribution in [0.4, 0.5) is 14.5 Å². The average Bonchev–Trinajstić information content (AvgIpc) is 3.40. The lowest BCUT2D eigenvalue weighted by Gasteiger charge is -2.32. The maximum atomic E-state index is 13.5. The van der Waals surface area contributed by atoms with Crippen LogP contribution in [0.5, 0.6) is 11.5 Å². The second kappa shape index (κ2) is 14.1. The van der Waals surface area contributed by atoms with Gasteiger partial charge in [-0.25, -0.2) is 4.99 Å². The van der Waals surface area contributed by atoms with Crippen LogP contribution in [0.1, 0.15) is 12.8 Å². The molecule has 4 N–H and O–H groups in total. The van der Waals surface area contributed by atoms with Crippen LogP contribution < -0.4 is 25.8 Å². The Hall–Kier alpha value is -5.17. The van der Waals surface area contributed by atoms with Crippen LogP contribution in [-0.4, -0.2) is 58.5 Å². The number of aromatic nitrogens is 2. The van der Waals surface area contributed by atoms with E-state index in [0.29, 0.717) is 25.9 Å². The van der Waals surface area contributed by atoms with E-state index in [2.05, 4.69) is 27.3 Å². The van der Waals surface area contributed by atoms with Gasteiger partial charge in [-0.15, -0.1) is 0 Å². The van der Waals surface area contributed by atoms with Gasteiger partial charge in [0.1, 0.15) is 41.2 Å². The molecule has 2 aliphatic heterocycles. The van der Waals surface area contributed by atoms with E-state index in [9.17, 15) is 18.4 Å². The summed E-state index contributed by atoms with van der Waals surface area (Å²) < 4.78 is 38.6. The van der Waals surface area contributed by atoms with Crippen LogP contribution in [0.15, 0.2) is 95.7 Å². The summed E-state index contributed by atoms with van der Waals surface area (Å²) in [6.07, 6.45) is 7.34. The minimum Gasteiger partial charge on any atom is -0.490 e. The van der Waals surface area contributed by atoms with Gasteiger partial charge >= 0.3 is 6.61 Å². The maximum absolute atomic E-state index is 13.5. The minimum atomic E-state index is -3.14. The number of nitrogens with two attached hydrogens (primary N) is 1. The average molecular weight is 638 g/mol. The summed E-state index contributed by atoms with van der Waals surface area (Å²) in [5, 5.41) is 10.2. The number of benzene rings is 2. The summed E-state index contributed by atoms with van der Waals surface area (Å²) in [7, 11) is 0. The molecule has 11 nitrogen and oxygen atoms in total. The van der Waals surface area contributed by atoms with Gasteiger partial charge in [-0.2, -0.15) is 13.9 Å². The number of rotatable bonds is 10. The molecule has 0 aliphatic carbocycles. The van der Waals surface area contributed by atoms with E-state index in [-0.39, 0.29) is 63.4 Å². The molecule has 2 aromatic carbocycles. The number of hydrogen-bond acceptors (Lipinski definition) is 8. The molecule has 14 heteroatoms. The molecule has 3 heterocycles. The third-order valence-electron chi connectivity index (χ3n) is 6.95. The summed E-state index contributed by atoms with van der Waals surface area (Å²) in [6, 6.07) is 13.5. The number of carbonyl (C=O) groups excluding carboxylic acids is 2.